The second kappa shape index (κ2) is 60.5. The van der Waals surface area contributed by atoms with Crippen LogP contribution < -0.4 is 5.73 Å². The van der Waals surface area contributed by atoms with Gasteiger partial charge in [0.25, 0.3) is 0 Å². The lowest BCUT2D eigenvalue weighted by molar-refractivity contribution is -0.161. The molecule has 2 unspecified atom stereocenters. The third-order valence-corrected chi connectivity index (χ3v) is 15.3. The lowest BCUT2D eigenvalue weighted by Gasteiger charge is -2.19. The number of nitrogens with two attached hydrogens (primary N) is 1. The van der Waals surface area contributed by atoms with Gasteiger partial charge in [0.05, 0.1) is 13.2 Å². The normalized spacial score (nSPS) is 13.2. The number of carbonyl (C=O) groups is 2. The number of ether oxygens (including phenoxy) is 2. The zero-order valence-corrected chi connectivity index (χ0v) is 49.7. The van der Waals surface area contributed by atoms with Gasteiger partial charge in [-0.05, 0) is 51.4 Å². The van der Waals surface area contributed by atoms with Crippen molar-refractivity contribution in [3.05, 3.63) is 36.5 Å². The van der Waals surface area contributed by atoms with E-state index in [1.807, 2.05) is 0 Å². The van der Waals surface area contributed by atoms with E-state index in [0.29, 0.717) is 6.42 Å². The molecule has 0 aliphatic carbocycles. The number of hydrogen-bond acceptors (Lipinski definition) is 8. The van der Waals surface area contributed by atoms with Crippen molar-refractivity contribution in [3.63, 3.8) is 0 Å². The Hall–Kier alpha value is -1.77. The molecule has 0 aromatic rings. The number of unbranched alkanes of at least 4 members (excludes halogenated alkanes) is 42. The third kappa shape index (κ3) is 59.5. The first-order valence-corrected chi connectivity index (χ1v) is 33.5. The predicted octanol–water partition coefficient (Wildman–Crippen LogP) is 20.4. The SMILES string of the molecule is CCCCCCC/C=C\C/C=C\C/C=C\CCCCCCCCCCCCCCCCCCCCCCCCCCCCC(=O)OC(COC(=O)CCCCCCCCCCCCCC)COP(=O)(O)OCCN. The van der Waals surface area contributed by atoms with Crippen LogP contribution in [0.5, 0.6) is 0 Å². The molecule has 0 amide bonds. The van der Waals surface area contributed by atoms with Crippen molar-refractivity contribution in [2.75, 3.05) is 26.4 Å². The molecule has 0 aromatic carbocycles. The van der Waals surface area contributed by atoms with E-state index in [2.05, 4.69) is 50.3 Å². The van der Waals surface area contributed by atoms with Crippen molar-refractivity contribution in [1.82, 2.24) is 0 Å². The van der Waals surface area contributed by atoms with Gasteiger partial charge < -0.3 is 20.1 Å². The van der Waals surface area contributed by atoms with Crippen LogP contribution in [0.15, 0.2) is 36.5 Å². The fraction of sp³-hybridized carbons (Fsp3) is 0.875. The van der Waals surface area contributed by atoms with Gasteiger partial charge in [-0.2, -0.15) is 0 Å². The molecule has 3 N–H and O–H groups in total. The summed E-state index contributed by atoms with van der Waals surface area (Å²) in [6.45, 7) is 3.77. The number of carbonyl (C=O) groups excluding carboxylic acids is 2. The minimum Gasteiger partial charge on any atom is -0.462 e. The van der Waals surface area contributed by atoms with Crippen molar-refractivity contribution < 1.29 is 37.6 Å². The number of hydrogen-bond donors (Lipinski definition) is 2. The summed E-state index contributed by atoms with van der Waals surface area (Å²) < 4.78 is 33.0. The van der Waals surface area contributed by atoms with E-state index >= 15 is 0 Å². The summed E-state index contributed by atoms with van der Waals surface area (Å²) >= 11 is 0. The topological polar surface area (TPSA) is 134 Å². The van der Waals surface area contributed by atoms with Gasteiger partial charge in [0.2, 0.25) is 0 Å². The van der Waals surface area contributed by atoms with Gasteiger partial charge in [-0.15, -0.1) is 0 Å². The Labute approximate surface area is 458 Å². The molecule has 436 valence electrons. The van der Waals surface area contributed by atoms with E-state index in [4.69, 9.17) is 24.3 Å². The van der Waals surface area contributed by atoms with Crippen LogP contribution in [0.4, 0.5) is 0 Å². The molecule has 9 nitrogen and oxygen atoms in total. The molecular weight excluding hydrogens is 942 g/mol. The highest BCUT2D eigenvalue weighted by Gasteiger charge is 2.26. The zero-order chi connectivity index (χ0) is 53.8. The smallest absolute Gasteiger partial charge is 0.462 e. The number of rotatable bonds is 61. The molecule has 0 aliphatic heterocycles. The molecular formula is C64H122NO8P. The number of allylic oxidation sites excluding steroid dienone is 6. The Balaban J connectivity index is 3.69. The molecule has 0 bridgehead atoms. The Morgan fingerprint density at radius 3 is 1.04 bits per heavy atom. The van der Waals surface area contributed by atoms with E-state index in [1.165, 1.54) is 250 Å². The number of esters is 2. The van der Waals surface area contributed by atoms with Gasteiger partial charge in [0.15, 0.2) is 6.10 Å². The Bertz CT molecular complexity index is 1310. The van der Waals surface area contributed by atoms with Gasteiger partial charge >= 0.3 is 19.8 Å². The fourth-order valence-corrected chi connectivity index (χ4v) is 10.3. The molecule has 10 heteroatoms. The van der Waals surface area contributed by atoms with Gasteiger partial charge in [-0.3, -0.25) is 18.6 Å². The molecule has 0 radical (unpaired) electrons. The molecule has 0 fully saturated rings. The van der Waals surface area contributed by atoms with Crippen LogP contribution in [-0.2, 0) is 32.7 Å². The van der Waals surface area contributed by atoms with E-state index in [1.54, 1.807) is 0 Å². The Morgan fingerprint density at radius 2 is 0.703 bits per heavy atom. The summed E-state index contributed by atoms with van der Waals surface area (Å²) in [5.41, 5.74) is 5.38. The maximum atomic E-state index is 12.7. The maximum absolute atomic E-state index is 12.7. The summed E-state index contributed by atoms with van der Waals surface area (Å²) in [5, 5.41) is 0. The Kier molecular flexibility index (Phi) is 59.0. The van der Waals surface area contributed by atoms with E-state index < -0.39 is 26.5 Å². The van der Waals surface area contributed by atoms with E-state index in [9.17, 15) is 19.0 Å². The quantitative estimate of drug-likeness (QED) is 0.0264. The number of phosphoric ester groups is 1. The van der Waals surface area contributed by atoms with Crippen molar-refractivity contribution in [2.45, 2.75) is 335 Å². The van der Waals surface area contributed by atoms with Crippen molar-refractivity contribution in [2.24, 2.45) is 5.73 Å². The highest BCUT2D eigenvalue weighted by atomic mass is 31.2. The molecule has 0 heterocycles. The molecule has 0 spiro atoms. The summed E-state index contributed by atoms with van der Waals surface area (Å²) in [6.07, 6.45) is 74.0. The molecule has 2 atom stereocenters. The lowest BCUT2D eigenvalue weighted by atomic mass is 10.0. The van der Waals surface area contributed by atoms with Gasteiger partial charge in [-0.1, -0.05) is 301 Å². The fourth-order valence-electron chi connectivity index (χ4n) is 9.53. The third-order valence-electron chi connectivity index (χ3n) is 14.3. The lowest BCUT2D eigenvalue weighted by Crippen LogP contribution is -2.29. The minimum absolute atomic E-state index is 0.0566. The van der Waals surface area contributed by atoms with Crippen molar-refractivity contribution >= 4 is 19.8 Å². The van der Waals surface area contributed by atoms with Crippen LogP contribution in [0.2, 0.25) is 0 Å². The molecule has 0 saturated carbocycles. The predicted molar refractivity (Wildman–Crippen MR) is 317 cm³/mol. The highest BCUT2D eigenvalue weighted by Crippen LogP contribution is 2.43. The van der Waals surface area contributed by atoms with Gasteiger partial charge in [-0.25, -0.2) is 4.57 Å². The first-order chi connectivity index (χ1) is 36.3. The molecule has 0 saturated heterocycles. The van der Waals surface area contributed by atoms with Gasteiger partial charge in [0, 0.05) is 19.4 Å². The summed E-state index contributed by atoms with van der Waals surface area (Å²) in [4.78, 5) is 35.1. The van der Waals surface area contributed by atoms with E-state index in [0.717, 1.165) is 44.9 Å². The van der Waals surface area contributed by atoms with Crippen LogP contribution in [-0.4, -0.2) is 49.3 Å². The minimum atomic E-state index is -4.38. The first-order valence-electron chi connectivity index (χ1n) is 32.0. The van der Waals surface area contributed by atoms with Crippen LogP contribution in [0, 0.1) is 0 Å². The molecule has 0 aromatic heterocycles. The highest BCUT2D eigenvalue weighted by molar-refractivity contribution is 7.47. The molecule has 74 heavy (non-hydrogen) atoms. The van der Waals surface area contributed by atoms with Crippen LogP contribution in [0.25, 0.3) is 0 Å². The zero-order valence-electron chi connectivity index (χ0n) is 48.8. The monoisotopic (exact) mass is 1060 g/mol. The first kappa shape index (κ1) is 72.2. The van der Waals surface area contributed by atoms with Crippen molar-refractivity contribution in [1.29, 1.82) is 0 Å². The molecule has 0 aliphatic rings. The van der Waals surface area contributed by atoms with Crippen LogP contribution in [0.3, 0.4) is 0 Å². The standard InChI is InChI=1S/C64H122NO8P/c1-3-5-7-9-11-13-15-17-18-19-20-21-22-23-24-25-26-27-28-29-30-31-32-33-34-35-36-37-38-39-40-41-42-43-44-45-47-49-51-53-55-57-64(67)73-62(61-72-74(68,69)71-59-58-65)60-70-63(66)56-54-52-50-48-46-16-14-12-10-8-6-4-2/h15,17,19-20,22-23,62H,3-14,16,18,21,24-61,65H2,1-2H3,(H,68,69)/b17-15-,20-19-,23-22-. The largest absolute Gasteiger partial charge is 0.472 e. The average molecular weight is 1060 g/mol. The number of phosphoric acid groups is 1. The van der Waals surface area contributed by atoms with Crippen molar-refractivity contribution in [3.8, 4) is 0 Å². The second-order valence-electron chi connectivity index (χ2n) is 21.6. The second-order valence-corrected chi connectivity index (χ2v) is 23.1. The summed E-state index contributed by atoms with van der Waals surface area (Å²) in [5.74, 6) is -0.810. The van der Waals surface area contributed by atoms with Gasteiger partial charge in [0.1, 0.15) is 6.61 Å². The summed E-state index contributed by atoms with van der Waals surface area (Å²) in [7, 11) is -4.38. The molecule has 0 rings (SSSR count). The average Bonchev–Trinajstić information content (AvgIpc) is 3.39. The Morgan fingerprint density at radius 1 is 0.405 bits per heavy atom. The van der Waals surface area contributed by atoms with Crippen LogP contribution >= 0.6 is 7.82 Å². The summed E-state index contributed by atoms with van der Waals surface area (Å²) in [6, 6.07) is 0. The maximum Gasteiger partial charge on any atom is 0.472 e. The van der Waals surface area contributed by atoms with E-state index in [-0.39, 0.29) is 38.6 Å². The van der Waals surface area contributed by atoms with Crippen LogP contribution in [0.1, 0.15) is 328 Å².